The molecule has 0 bridgehead atoms. The molecule has 1 heterocycles. The van der Waals surface area contributed by atoms with Crippen molar-refractivity contribution in [1.29, 1.82) is 0 Å². The van der Waals surface area contributed by atoms with E-state index in [1.165, 1.54) is 0 Å². The molecule has 0 spiro atoms. The van der Waals surface area contributed by atoms with Crippen LogP contribution >= 0.6 is 0 Å². The second-order valence-electron chi connectivity index (χ2n) is 4.94. The summed E-state index contributed by atoms with van der Waals surface area (Å²) >= 11 is 0. The molecule has 8 heteroatoms. The van der Waals surface area contributed by atoms with Gasteiger partial charge in [0.25, 0.3) is 11.6 Å². The molecule has 0 aliphatic rings. The Balaban J connectivity index is 2.15. The number of carboxylic acids is 1. The molecule has 2 rings (SSSR count). The number of carbonyl (C=O) groups excluding carboxylic acids is 1. The second kappa shape index (κ2) is 8.11. The van der Waals surface area contributed by atoms with Crippen molar-refractivity contribution in [2.75, 3.05) is 6.61 Å². The van der Waals surface area contributed by atoms with Crippen molar-refractivity contribution in [2.45, 2.75) is 26.0 Å². The van der Waals surface area contributed by atoms with Gasteiger partial charge in [0, 0.05) is 6.42 Å². The minimum Gasteiger partial charge on any atom is -0.480 e. The van der Waals surface area contributed by atoms with Crippen LogP contribution < -0.4 is 10.5 Å². The van der Waals surface area contributed by atoms with Gasteiger partial charge in [-0.15, -0.1) is 0 Å². The molecule has 0 aliphatic carbocycles. The Kier molecular flexibility index (Phi) is 5.91. The van der Waals surface area contributed by atoms with Gasteiger partial charge in [0.05, 0.1) is 12.2 Å². The quantitative estimate of drug-likeness (QED) is 0.694. The highest BCUT2D eigenvalue weighted by atomic mass is 16.6. The lowest BCUT2D eigenvalue weighted by Gasteiger charge is -2.08. The van der Waals surface area contributed by atoms with Crippen molar-refractivity contribution in [3.63, 3.8) is 0 Å². The van der Waals surface area contributed by atoms with Crippen LogP contribution in [0, 0.1) is 0 Å². The largest absolute Gasteiger partial charge is 0.480 e. The zero-order chi connectivity index (χ0) is 17.5. The fraction of sp³-hybridized carbons (Fsp3) is 0.312. The third-order valence-corrected chi connectivity index (χ3v) is 3.17. The standard InChI is InChI=1S/C16H18N2O6/c1-2-22-14-11(8-12(17)15(19)20)13(24-18-14)16(21)23-9-10-6-4-3-5-7-10/h3-7,12H,2,8-9,17H2,1H3,(H,19,20)/t12-/m0/s1. The van der Waals surface area contributed by atoms with Crippen LogP contribution in [0.3, 0.4) is 0 Å². The van der Waals surface area contributed by atoms with Crippen molar-refractivity contribution in [2.24, 2.45) is 5.73 Å². The first-order valence-corrected chi connectivity index (χ1v) is 7.33. The lowest BCUT2D eigenvalue weighted by atomic mass is 10.1. The molecule has 0 saturated heterocycles. The fourth-order valence-electron chi connectivity index (χ4n) is 1.98. The maximum absolute atomic E-state index is 12.2. The molecule has 2 aromatic rings. The molecule has 3 N–H and O–H groups in total. The number of aliphatic carboxylic acids is 1. The number of hydrogen-bond acceptors (Lipinski definition) is 7. The van der Waals surface area contributed by atoms with Gasteiger partial charge in [0.15, 0.2) is 0 Å². The molecule has 1 atom stereocenters. The Morgan fingerprint density at radius 2 is 2.04 bits per heavy atom. The van der Waals surface area contributed by atoms with Crippen LogP contribution in [0.2, 0.25) is 0 Å². The van der Waals surface area contributed by atoms with Gasteiger partial charge < -0.3 is 24.8 Å². The van der Waals surface area contributed by atoms with E-state index in [9.17, 15) is 9.59 Å². The first-order chi connectivity index (χ1) is 11.5. The second-order valence-corrected chi connectivity index (χ2v) is 4.94. The SMILES string of the molecule is CCOc1noc(C(=O)OCc2ccccc2)c1C[C@H](N)C(=O)O. The van der Waals surface area contributed by atoms with E-state index >= 15 is 0 Å². The van der Waals surface area contributed by atoms with Crippen LogP contribution in [-0.2, 0) is 22.6 Å². The van der Waals surface area contributed by atoms with E-state index in [0.29, 0.717) is 0 Å². The summed E-state index contributed by atoms with van der Waals surface area (Å²) in [6.07, 6.45) is -0.163. The van der Waals surface area contributed by atoms with Gasteiger partial charge in [0.2, 0.25) is 0 Å². The number of rotatable bonds is 8. The normalized spacial score (nSPS) is 11.8. The molecule has 0 radical (unpaired) electrons. The number of aromatic nitrogens is 1. The summed E-state index contributed by atoms with van der Waals surface area (Å²) in [6, 6.07) is 7.89. The van der Waals surface area contributed by atoms with Crippen LogP contribution in [0.25, 0.3) is 0 Å². The Bertz CT molecular complexity index is 698. The molecule has 1 aromatic heterocycles. The molecule has 24 heavy (non-hydrogen) atoms. The van der Waals surface area contributed by atoms with Crippen LogP contribution in [0.1, 0.15) is 28.6 Å². The molecular weight excluding hydrogens is 316 g/mol. The molecule has 1 aromatic carbocycles. The summed E-state index contributed by atoms with van der Waals surface area (Å²) in [7, 11) is 0. The van der Waals surface area contributed by atoms with E-state index in [2.05, 4.69) is 5.16 Å². The van der Waals surface area contributed by atoms with Crippen molar-refractivity contribution in [3.05, 3.63) is 47.2 Å². The molecule has 0 aliphatic heterocycles. The maximum atomic E-state index is 12.2. The van der Waals surface area contributed by atoms with Gasteiger partial charge in [-0.25, -0.2) is 4.79 Å². The van der Waals surface area contributed by atoms with E-state index < -0.39 is 18.0 Å². The average Bonchev–Trinajstić information content (AvgIpc) is 2.96. The number of nitrogens with zero attached hydrogens (tertiary/aromatic N) is 1. The first-order valence-electron chi connectivity index (χ1n) is 7.33. The van der Waals surface area contributed by atoms with Crippen LogP contribution in [0.15, 0.2) is 34.9 Å². The highest BCUT2D eigenvalue weighted by Crippen LogP contribution is 2.24. The van der Waals surface area contributed by atoms with E-state index in [4.69, 9.17) is 24.8 Å². The van der Waals surface area contributed by atoms with E-state index in [1.807, 2.05) is 18.2 Å². The highest BCUT2D eigenvalue weighted by Gasteiger charge is 2.28. The van der Waals surface area contributed by atoms with Crippen molar-refractivity contribution in [1.82, 2.24) is 5.16 Å². The number of nitrogens with two attached hydrogens (primary N) is 1. The van der Waals surface area contributed by atoms with Gasteiger partial charge >= 0.3 is 11.9 Å². The molecule has 0 amide bonds. The third kappa shape index (κ3) is 4.32. The Hall–Kier alpha value is -2.87. The molecular formula is C16H18N2O6. The topological polar surface area (TPSA) is 125 Å². The van der Waals surface area contributed by atoms with E-state index in [-0.39, 0.29) is 36.8 Å². The lowest BCUT2D eigenvalue weighted by molar-refractivity contribution is -0.138. The Labute approximate surface area is 138 Å². The molecule has 0 unspecified atom stereocenters. The predicted molar refractivity (Wildman–Crippen MR) is 82.5 cm³/mol. The number of carboxylic acid groups (broad SMARTS) is 1. The lowest BCUT2D eigenvalue weighted by Crippen LogP contribution is -2.32. The van der Waals surface area contributed by atoms with E-state index in [0.717, 1.165) is 5.56 Å². The van der Waals surface area contributed by atoms with Crippen LogP contribution in [0.5, 0.6) is 5.88 Å². The highest BCUT2D eigenvalue weighted by molar-refractivity contribution is 5.89. The van der Waals surface area contributed by atoms with Gasteiger partial charge in [-0.3, -0.25) is 4.79 Å². The van der Waals surface area contributed by atoms with Gasteiger partial charge in [-0.05, 0) is 17.6 Å². The zero-order valence-electron chi connectivity index (χ0n) is 13.1. The van der Waals surface area contributed by atoms with E-state index in [1.54, 1.807) is 19.1 Å². The summed E-state index contributed by atoms with van der Waals surface area (Å²) in [5.74, 6) is -2.13. The summed E-state index contributed by atoms with van der Waals surface area (Å²) < 4.78 is 15.4. The minimum absolute atomic E-state index is 0.0425. The molecule has 128 valence electrons. The van der Waals surface area contributed by atoms with Crippen LogP contribution in [-0.4, -0.2) is 34.9 Å². The number of ether oxygens (including phenoxy) is 2. The smallest absolute Gasteiger partial charge is 0.377 e. The predicted octanol–water partition coefficient (Wildman–Crippen LogP) is 1.38. The van der Waals surface area contributed by atoms with Crippen molar-refractivity contribution < 1.29 is 28.7 Å². The molecule has 0 fully saturated rings. The van der Waals surface area contributed by atoms with Crippen molar-refractivity contribution in [3.8, 4) is 5.88 Å². The average molecular weight is 334 g/mol. The number of esters is 1. The maximum Gasteiger partial charge on any atom is 0.377 e. The number of benzene rings is 1. The van der Waals surface area contributed by atoms with Gasteiger partial charge in [-0.2, -0.15) is 0 Å². The molecule has 8 nitrogen and oxygen atoms in total. The summed E-state index contributed by atoms with van der Waals surface area (Å²) in [4.78, 5) is 23.2. The minimum atomic E-state index is -1.22. The summed E-state index contributed by atoms with van der Waals surface area (Å²) in [6.45, 7) is 2.05. The zero-order valence-corrected chi connectivity index (χ0v) is 13.1. The van der Waals surface area contributed by atoms with Crippen molar-refractivity contribution >= 4 is 11.9 Å². The Morgan fingerprint density at radius 3 is 2.67 bits per heavy atom. The third-order valence-electron chi connectivity index (χ3n) is 3.17. The Morgan fingerprint density at radius 1 is 1.33 bits per heavy atom. The van der Waals surface area contributed by atoms with Gasteiger partial charge in [0.1, 0.15) is 12.6 Å². The summed E-state index contributed by atoms with van der Waals surface area (Å²) in [5.41, 5.74) is 6.52. The number of hydrogen-bond donors (Lipinski definition) is 2. The van der Waals surface area contributed by atoms with Crippen LogP contribution in [0.4, 0.5) is 0 Å². The fourth-order valence-corrected chi connectivity index (χ4v) is 1.98. The first kappa shape index (κ1) is 17.5. The number of carbonyl (C=O) groups is 2. The van der Waals surface area contributed by atoms with Gasteiger partial charge in [-0.1, -0.05) is 30.3 Å². The monoisotopic (exact) mass is 334 g/mol. The molecule has 0 saturated carbocycles. The summed E-state index contributed by atoms with van der Waals surface area (Å²) in [5, 5.41) is 12.6.